The fraction of sp³-hybridized carbons (Fsp3) is 0.583. The van der Waals surface area contributed by atoms with E-state index in [-0.39, 0.29) is 12.4 Å². The fourth-order valence-corrected chi connectivity index (χ4v) is 2.81. The average Bonchev–Trinajstić information content (AvgIpc) is 2.89. The normalized spacial score (nSPS) is 27.6. The molecular formula is C12H14O4. The van der Waals surface area contributed by atoms with E-state index < -0.39 is 5.79 Å². The van der Waals surface area contributed by atoms with Crippen molar-refractivity contribution in [1.82, 2.24) is 0 Å². The predicted octanol–water partition coefficient (Wildman–Crippen LogP) is 0.711. The molecule has 1 heterocycles. The Morgan fingerprint density at radius 3 is 2.81 bits per heavy atom. The zero-order chi connectivity index (χ0) is 11.2. The highest BCUT2D eigenvalue weighted by Crippen LogP contribution is 2.48. The molecule has 1 saturated heterocycles. The standard InChI is InChI=1S/C12H14O4/c13-7-9-8-3-4-12(15-5-6-16-12)10(8)1-2-11(9)14/h1,13H,2-7H2. The molecule has 0 amide bonds. The summed E-state index contributed by atoms with van der Waals surface area (Å²) >= 11 is 0. The number of hydrogen-bond acceptors (Lipinski definition) is 4. The van der Waals surface area contributed by atoms with Crippen LogP contribution in [-0.2, 0) is 14.3 Å². The lowest BCUT2D eigenvalue weighted by Gasteiger charge is -2.25. The van der Waals surface area contributed by atoms with Gasteiger partial charge in [-0.15, -0.1) is 0 Å². The minimum absolute atomic E-state index is 0.0243. The van der Waals surface area contributed by atoms with Gasteiger partial charge in [0.05, 0.1) is 19.8 Å². The molecule has 3 rings (SSSR count). The van der Waals surface area contributed by atoms with Gasteiger partial charge in [0.1, 0.15) is 0 Å². The largest absolute Gasteiger partial charge is 0.392 e. The van der Waals surface area contributed by atoms with E-state index >= 15 is 0 Å². The van der Waals surface area contributed by atoms with E-state index in [1.165, 1.54) is 0 Å². The van der Waals surface area contributed by atoms with Crippen LogP contribution >= 0.6 is 0 Å². The Bertz CT molecular complexity index is 399. The molecule has 0 unspecified atom stereocenters. The Kier molecular flexibility index (Phi) is 2.24. The number of carbonyl (C=O) groups is 1. The van der Waals surface area contributed by atoms with Gasteiger partial charge < -0.3 is 14.6 Å². The van der Waals surface area contributed by atoms with Gasteiger partial charge in [-0.25, -0.2) is 0 Å². The van der Waals surface area contributed by atoms with Crippen LogP contribution in [0.15, 0.2) is 22.8 Å². The molecule has 2 fully saturated rings. The first-order chi connectivity index (χ1) is 7.77. The summed E-state index contributed by atoms with van der Waals surface area (Å²) in [6.45, 7) is 1.03. The molecule has 0 bridgehead atoms. The molecule has 3 aliphatic rings. The molecule has 1 aliphatic heterocycles. The quantitative estimate of drug-likeness (QED) is 0.710. The van der Waals surface area contributed by atoms with Gasteiger partial charge in [0.15, 0.2) is 11.6 Å². The van der Waals surface area contributed by atoms with Crippen molar-refractivity contribution in [2.75, 3.05) is 19.8 Å². The second-order valence-corrected chi connectivity index (χ2v) is 4.31. The highest BCUT2D eigenvalue weighted by molar-refractivity contribution is 6.00. The van der Waals surface area contributed by atoms with Gasteiger partial charge >= 0.3 is 0 Å². The van der Waals surface area contributed by atoms with Gasteiger partial charge in [-0.05, 0) is 12.0 Å². The van der Waals surface area contributed by atoms with Gasteiger partial charge in [-0.2, -0.15) is 0 Å². The number of ether oxygens (including phenoxy) is 2. The molecule has 16 heavy (non-hydrogen) atoms. The number of rotatable bonds is 1. The predicted molar refractivity (Wildman–Crippen MR) is 55.7 cm³/mol. The molecule has 0 aromatic heterocycles. The lowest BCUT2D eigenvalue weighted by Crippen LogP contribution is -2.29. The van der Waals surface area contributed by atoms with Gasteiger partial charge in [0, 0.05) is 24.0 Å². The van der Waals surface area contributed by atoms with E-state index in [9.17, 15) is 9.90 Å². The maximum absolute atomic E-state index is 11.6. The number of aliphatic hydroxyl groups is 1. The molecule has 1 saturated carbocycles. The van der Waals surface area contributed by atoms with Crippen LogP contribution in [-0.4, -0.2) is 36.5 Å². The molecule has 1 N–H and O–H groups in total. The van der Waals surface area contributed by atoms with E-state index in [0.717, 1.165) is 24.0 Å². The van der Waals surface area contributed by atoms with Crippen molar-refractivity contribution in [3.8, 4) is 0 Å². The van der Waals surface area contributed by atoms with Crippen LogP contribution in [0.2, 0.25) is 0 Å². The third kappa shape index (κ3) is 1.24. The Hall–Kier alpha value is -0.970. The summed E-state index contributed by atoms with van der Waals surface area (Å²) < 4.78 is 11.4. The first kappa shape index (κ1) is 10.2. The highest BCUT2D eigenvalue weighted by atomic mass is 16.7. The third-order valence-corrected chi connectivity index (χ3v) is 3.54. The molecule has 0 radical (unpaired) electrons. The fourth-order valence-electron chi connectivity index (χ4n) is 2.81. The maximum Gasteiger partial charge on any atom is 0.195 e. The summed E-state index contributed by atoms with van der Waals surface area (Å²) in [7, 11) is 0. The van der Waals surface area contributed by atoms with E-state index in [1.54, 1.807) is 0 Å². The van der Waals surface area contributed by atoms with Crippen molar-refractivity contribution in [1.29, 1.82) is 0 Å². The molecule has 1 spiro atoms. The van der Waals surface area contributed by atoms with Crippen molar-refractivity contribution in [3.05, 3.63) is 22.8 Å². The van der Waals surface area contributed by atoms with Gasteiger partial charge in [0.25, 0.3) is 0 Å². The Balaban J connectivity index is 2.05. The lowest BCUT2D eigenvalue weighted by atomic mass is 9.91. The zero-order valence-corrected chi connectivity index (χ0v) is 8.99. The monoisotopic (exact) mass is 222 g/mol. The Morgan fingerprint density at radius 2 is 2.12 bits per heavy atom. The van der Waals surface area contributed by atoms with E-state index in [1.807, 2.05) is 6.08 Å². The van der Waals surface area contributed by atoms with Crippen LogP contribution in [0.3, 0.4) is 0 Å². The van der Waals surface area contributed by atoms with Crippen LogP contribution in [0.25, 0.3) is 0 Å². The number of fused-ring (bicyclic) bond motifs is 2. The van der Waals surface area contributed by atoms with Crippen LogP contribution < -0.4 is 0 Å². The van der Waals surface area contributed by atoms with Crippen LogP contribution in [0.1, 0.15) is 19.3 Å². The summed E-state index contributed by atoms with van der Waals surface area (Å²) in [5.41, 5.74) is 2.47. The Morgan fingerprint density at radius 1 is 1.38 bits per heavy atom. The summed E-state index contributed by atoms with van der Waals surface area (Å²) in [4.78, 5) is 11.6. The average molecular weight is 222 g/mol. The molecule has 0 aromatic rings. The summed E-state index contributed by atoms with van der Waals surface area (Å²) in [6, 6.07) is 0. The molecule has 0 atom stereocenters. The lowest BCUT2D eigenvalue weighted by molar-refractivity contribution is -0.120. The van der Waals surface area contributed by atoms with Crippen molar-refractivity contribution in [3.63, 3.8) is 0 Å². The van der Waals surface area contributed by atoms with Crippen molar-refractivity contribution < 1.29 is 19.4 Å². The van der Waals surface area contributed by atoms with E-state index in [2.05, 4.69) is 0 Å². The first-order valence-electron chi connectivity index (χ1n) is 5.62. The first-order valence-corrected chi connectivity index (χ1v) is 5.62. The molecule has 0 aromatic carbocycles. The summed E-state index contributed by atoms with van der Waals surface area (Å²) in [6.07, 6.45) is 3.76. The maximum atomic E-state index is 11.6. The number of allylic oxidation sites excluding steroid dienone is 1. The zero-order valence-electron chi connectivity index (χ0n) is 8.99. The third-order valence-electron chi connectivity index (χ3n) is 3.54. The minimum atomic E-state index is -0.615. The molecule has 2 aliphatic carbocycles. The Labute approximate surface area is 93.5 Å². The van der Waals surface area contributed by atoms with E-state index in [4.69, 9.17) is 9.47 Å². The second-order valence-electron chi connectivity index (χ2n) is 4.31. The molecule has 86 valence electrons. The molecular weight excluding hydrogens is 208 g/mol. The van der Waals surface area contributed by atoms with Gasteiger partial charge in [-0.3, -0.25) is 4.79 Å². The van der Waals surface area contributed by atoms with Gasteiger partial charge in [-0.1, -0.05) is 6.08 Å². The highest BCUT2D eigenvalue weighted by Gasteiger charge is 2.48. The number of aliphatic hydroxyl groups excluding tert-OH is 1. The van der Waals surface area contributed by atoms with Crippen molar-refractivity contribution >= 4 is 5.78 Å². The number of carbonyl (C=O) groups excluding carboxylic acids is 1. The second kappa shape index (κ2) is 3.52. The van der Waals surface area contributed by atoms with Crippen molar-refractivity contribution in [2.24, 2.45) is 0 Å². The summed E-state index contributed by atoms with van der Waals surface area (Å²) in [5.74, 6) is -0.590. The summed E-state index contributed by atoms with van der Waals surface area (Å²) in [5, 5.41) is 9.25. The number of hydrogen-bond donors (Lipinski definition) is 1. The number of Topliss-reactive ketones (excluding diaryl/α,β-unsaturated/α-hetero) is 1. The minimum Gasteiger partial charge on any atom is -0.392 e. The van der Waals surface area contributed by atoms with Crippen LogP contribution in [0, 0.1) is 0 Å². The molecule has 4 nitrogen and oxygen atoms in total. The molecule has 4 heteroatoms. The topological polar surface area (TPSA) is 55.8 Å². The van der Waals surface area contributed by atoms with Crippen molar-refractivity contribution in [2.45, 2.75) is 25.0 Å². The number of ketones is 1. The smallest absolute Gasteiger partial charge is 0.195 e. The van der Waals surface area contributed by atoms with Crippen LogP contribution in [0.5, 0.6) is 0 Å². The van der Waals surface area contributed by atoms with E-state index in [0.29, 0.717) is 25.2 Å². The van der Waals surface area contributed by atoms with Crippen LogP contribution in [0.4, 0.5) is 0 Å². The SMILES string of the molecule is O=C1CC=C2C(=C1CO)CCC21OCCO1. The van der Waals surface area contributed by atoms with Gasteiger partial charge in [0.2, 0.25) is 0 Å².